The molecule has 2 aromatic heterocycles. The molecule has 0 radical (unpaired) electrons. The molecule has 8 nitrogen and oxygen atoms in total. The van der Waals surface area contributed by atoms with Crippen LogP contribution in [0, 0.1) is 6.92 Å². The molecule has 0 aliphatic carbocycles. The van der Waals surface area contributed by atoms with E-state index >= 15 is 0 Å². The first-order valence-corrected chi connectivity index (χ1v) is 12.9. The average Bonchev–Trinajstić information content (AvgIpc) is 3.34. The molecule has 1 aliphatic rings. The number of aromatic nitrogens is 2. The zero-order valence-corrected chi connectivity index (χ0v) is 21.5. The summed E-state index contributed by atoms with van der Waals surface area (Å²) in [6, 6.07) is 24.8. The molecule has 8 heteroatoms. The molecular formula is C30H31N5O3. The van der Waals surface area contributed by atoms with Gasteiger partial charge in [-0.1, -0.05) is 48.0 Å². The van der Waals surface area contributed by atoms with Gasteiger partial charge in [-0.05, 0) is 49.7 Å². The molecule has 0 bridgehead atoms. The van der Waals surface area contributed by atoms with Crippen molar-refractivity contribution in [3.8, 4) is 11.3 Å². The first-order valence-electron chi connectivity index (χ1n) is 12.9. The summed E-state index contributed by atoms with van der Waals surface area (Å²) in [5, 5.41) is 8.91. The molecule has 3 heterocycles. The molecule has 2 amide bonds. The predicted octanol–water partition coefficient (Wildman–Crippen LogP) is 4.43. The van der Waals surface area contributed by atoms with Crippen LogP contribution in [-0.2, 0) is 11.3 Å². The summed E-state index contributed by atoms with van der Waals surface area (Å²) in [5.41, 5.74) is 3.61. The maximum atomic E-state index is 13.3. The standard InChI is InChI=1S/C30H31N5O3/c1-23-10-12-24(13-11-23)27-14-15-28(32-31-27)33-16-6-17-34(19-18-33)29(36)22-35(21-26-9-5-20-38-26)30(37)25-7-3-2-4-8-25/h2-5,7-15,20H,6,16-19,21-22H2,1H3. The molecule has 2 aromatic carbocycles. The molecule has 5 rings (SSSR count). The quantitative estimate of drug-likeness (QED) is 0.367. The lowest BCUT2D eigenvalue weighted by Crippen LogP contribution is -2.44. The van der Waals surface area contributed by atoms with Crippen LogP contribution in [0.4, 0.5) is 5.82 Å². The lowest BCUT2D eigenvalue weighted by Gasteiger charge is -2.26. The molecule has 1 saturated heterocycles. The van der Waals surface area contributed by atoms with Crippen LogP contribution in [0.5, 0.6) is 0 Å². The van der Waals surface area contributed by atoms with Gasteiger partial charge in [0.05, 0.1) is 18.5 Å². The zero-order valence-electron chi connectivity index (χ0n) is 21.5. The number of carbonyl (C=O) groups is 2. The Kier molecular flexibility index (Phi) is 7.78. The second kappa shape index (κ2) is 11.7. The zero-order chi connectivity index (χ0) is 26.3. The molecule has 1 aliphatic heterocycles. The number of aryl methyl sites for hydroxylation is 1. The third kappa shape index (κ3) is 6.08. The van der Waals surface area contributed by atoms with Crippen molar-refractivity contribution in [2.45, 2.75) is 19.9 Å². The maximum Gasteiger partial charge on any atom is 0.254 e. The maximum absolute atomic E-state index is 13.3. The van der Waals surface area contributed by atoms with E-state index in [-0.39, 0.29) is 24.9 Å². The number of rotatable bonds is 7. The first kappa shape index (κ1) is 25.2. The Morgan fingerprint density at radius 2 is 1.68 bits per heavy atom. The second-order valence-electron chi connectivity index (χ2n) is 9.47. The Labute approximate surface area is 222 Å². The molecule has 194 valence electrons. The van der Waals surface area contributed by atoms with Crippen molar-refractivity contribution in [3.05, 3.63) is 102 Å². The fraction of sp³-hybridized carbons (Fsp3) is 0.267. The van der Waals surface area contributed by atoms with Crippen LogP contribution < -0.4 is 4.90 Å². The van der Waals surface area contributed by atoms with Crippen molar-refractivity contribution in [2.24, 2.45) is 0 Å². The number of hydrogen-bond donors (Lipinski definition) is 0. The fourth-order valence-corrected chi connectivity index (χ4v) is 4.58. The SMILES string of the molecule is Cc1ccc(-c2ccc(N3CCCN(C(=O)CN(Cc4ccco4)C(=O)c4ccccc4)CC3)nn2)cc1. The molecular weight excluding hydrogens is 478 g/mol. The highest BCUT2D eigenvalue weighted by Gasteiger charge is 2.25. The third-order valence-electron chi connectivity index (χ3n) is 6.73. The van der Waals surface area contributed by atoms with Crippen molar-refractivity contribution in [1.29, 1.82) is 0 Å². The number of amides is 2. The van der Waals surface area contributed by atoms with Gasteiger partial charge >= 0.3 is 0 Å². The summed E-state index contributed by atoms with van der Waals surface area (Å²) in [6.07, 6.45) is 2.37. The van der Waals surface area contributed by atoms with Gasteiger partial charge in [0, 0.05) is 37.3 Å². The molecule has 1 fully saturated rings. The lowest BCUT2D eigenvalue weighted by atomic mass is 10.1. The number of hydrogen-bond acceptors (Lipinski definition) is 6. The van der Waals surface area contributed by atoms with Gasteiger partial charge in [0.25, 0.3) is 5.91 Å². The van der Waals surface area contributed by atoms with Crippen molar-refractivity contribution in [2.75, 3.05) is 37.6 Å². The fourth-order valence-electron chi connectivity index (χ4n) is 4.58. The van der Waals surface area contributed by atoms with Gasteiger partial charge < -0.3 is 19.1 Å². The summed E-state index contributed by atoms with van der Waals surface area (Å²) in [6.45, 7) is 4.88. The van der Waals surface area contributed by atoms with E-state index in [0.717, 1.165) is 30.0 Å². The van der Waals surface area contributed by atoms with E-state index in [1.54, 1.807) is 29.4 Å². The van der Waals surface area contributed by atoms with Gasteiger partial charge in [-0.15, -0.1) is 10.2 Å². The summed E-state index contributed by atoms with van der Waals surface area (Å²) in [5.74, 6) is 1.16. The number of anilines is 1. The van der Waals surface area contributed by atoms with Crippen molar-refractivity contribution < 1.29 is 14.0 Å². The largest absolute Gasteiger partial charge is 0.467 e. The van der Waals surface area contributed by atoms with Crippen molar-refractivity contribution in [1.82, 2.24) is 20.0 Å². The molecule has 0 N–H and O–H groups in total. The summed E-state index contributed by atoms with van der Waals surface area (Å²) in [4.78, 5) is 32.1. The highest BCUT2D eigenvalue weighted by atomic mass is 16.3. The smallest absolute Gasteiger partial charge is 0.254 e. The Morgan fingerprint density at radius 3 is 2.39 bits per heavy atom. The van der Waals surface area contributed by atoms with Gasteiger partial charge in [-0.25, -0.2) is 0 Å². The molecule has 38 heavy (non-hydrogen) atoms. The van der Waals surface area contributed by atoms with Crippen LogP contribution in [0.2, 0.25) is 0 Å². The lowest BCUT2D eigenvalue weighted by molar-refractivity contribution is -0.131. The second-order valence-corrected chi connectivity index (χ2v) is 9.47. The average molecular weight is 510 g/mol. The predicted molar refractivity (Wildman–Crippen MR) is 146 cm³/mol. The normalized spacial score (nSPS) is 13.7. The molecule has 0 saturated carbocycles. The minimum Gasteiger partial charge on any atom is -0.467 e. The van der Waals surface area contributed by atoms with E-state index in [0.29, 0.717) is 31.0 Å². The Bertz CT molecular complexity index is 1340. The number of carbonyl (C=O) groups excluding carboxylic acids is 2. The van der Waals surface area contributed by atoms with E-state index in [2.05, 4.69) is 34.2 Å². The van der Waals surface area contributed by atoms with E-state index in [4.69, 9.17) is 4.42 Å². The van der Waals surface area contributed by atoms with Crippen LogP contribution in [0.3, 0.4) is 0 Å². The van der Waals surface area contributed by atoms with Gasteiger partial charge in [-0.2, -0.15) is 0 Å². The van der Waals surface area contributed by atoms with Crippen LogP contribution in [-0.4, -0.2) is 64.5 Å². The van der Waals surface area contributed by atoms with E-state index in [9.17, 15) is 9.59 Å². The Morgan fingerprint density at radius 1 is 0.868 bits per heavy atom. The number of furan rings is 1. The third-order valence-corrected chi connectivity index (χ3v) is 6.73. The minimum atomic E-state index is -0.198. The molecule has 0 unspecified atom stereocenters. The van der Waals surface area contributed by atoms with Gasteiger partial charge in [0.15, 0.2) is 5.82 Å². The van der Waals surface area contributed by atoms with Crippen LogP contribution >= 0.6 is 0 Å². The van der Waals surface area contributed by atoms with E-state index < -0.39 is 0 Å². The van der Waals surface area contributed by atoms with Crippen LogP contribution in [0.25, 0.3) is 11.3 Å². The Hall–Kier alpha value is -4.46. The van der Waals surface area contributed by atoms with Crippen molar-refractivity contribution in [3.63, 3.8) is 0 Å². The highest BCUT2D eigenvalue weighted by molar-refractivity contribution is 5.96. The number of benzene rings is 2. The van der Waals surface area contributed by atoms with Gasteiger partial charge in [0.1, 0.15) is 12.3 Å². The van der Waals surface area contributed by atoms with Crippen LogP contribution in [0.15, 0.2) is 89.5 Å². The monoisotopic (exact) mass is 509 g/mol. The summed E-state index contributed by atoms with van der Waals surface area (Å²) in [7, 11) is 0. The highest BCUT2D eigenvalue weighted by Crippen LogP contribution is 2.20. The van der Waals surface area contributed by atoms with E-state index in [1.165, 1.54) is 5.56 Å². The Balaban J connectivity index is 1.23. The molecule has 4 aromatic rings. The van der Waals surface area contributed by atoms with Crippen LogP contribution in [0.1, 0.15) is 28.1 Å². The summed E-state index contributed by atoms with van der Waals surface area (Å²) >= 11 is 0. The van der Waals surface area contributed by atoms with E-state index in [1.807, 2.05) is 53.4 Å². The van der Waals surface area contributed by atoms with Crippen molar-refractivity contribution >= 4 is 17.6 Å². The first-order chi connectivity index (χ1) is 18.6. The molecule has 0 atom stereocenters. The topological polar surface area (TPSA) is 82.8 Å². The van der Waals surface area contributed by atoms with Gasteiger partial charge in [-0.3, -0.25) is 9.59 Å². The summed E-state index contributed by atoms with van der Waals surface area (Å²) < 4.78 is 5.46. The number of nitrogens with zero attached hydrogens (tertiary/aromatic N) is 5. The van der Waals surface area contributed by atoms with Gasteiger partial charge in [0.2, 0.25) is 5.91 Å². The minimum absolute atomic E-state index is 0.0144. The molecule has 0 spiro atoms.